The van der Waals surface area contributed by atoms with Gasteiger partial charge in [-0.25, -0.2) is 4.79 Å². The number of carboxylic acid groups (broad SMARTS) is 1. The van der Waals surface area contributed by atoms with Crippen LogP contribution in [0.2, 0.25) is 0 Å². The molecule has 30 heavy (non-hydrogen) atoms. The minimum Gasteiger partial charge on any atom is -0.481 e. The zero-order chi connectivity index (χ0) is 22.7. The van der Waals surface area contributed by atoms with Crippen LogP contribution in [0.25, 0.3) is 6.08 Å². The Labute approximate surface area is 178 Å². The van der Waals surface area contributed by atoms with E-state index in [1.54, 1.807) is 32.9 Å². The summed E-state index contributed by atoms with van der Waals surface area (Å²) in [5.41, 5.74) is 0.648. The van der Waals surface area contributed by atoms with Crippen molar-refractivity contribution in [2.24, 2.45) is 0 Å². The Morgan fingerprint density at radius 1 is 1.10 bits per heavy atom. The SMILES string of the molecule is CC(C)(C)OC(=O)NCC(=Cc1ccc(CC(=O)O)cc1)B1OC(C)(C)C(C)(C)O1. The van der Waals surface area contributed by atoms with Gasteiger partial charge in [0.25, 0.3) is 0 Å². The number of alkyl carbamates (subject to hydrolysis) is 1. The van der Waals surface area contributed by atoms with E-state index in [2.05, 4.69) is 5.32 Å². The van der Waals surface area contributed by atoms with E-state index in [1.165, 1.54) is 0 Å². The summed E-state index contributed by atoms with van der Waals surface area (Å²) in [7, 11) is -0.636. The van der Waals surface area contributed by atoms with Crippen molar-refractivity contribution in [3.05, 3.63) is 40.9 Å². The predicted octanol–water partition coefficient (Wildman–Crippen LogP) is 3.85. The Morgan fingerprint density at radius 2 is 1.63 bits per heavy atom. The summed E-state index contributed by atoms with van der Waals surface area (Å²) >= 11 is 0. The maximum absolute atomic E-state index is 12.1. The molecule has 2 N–H and O–H groups in total. The molecule has 1 aliphatic rings. The molecule has 0 aromatic heterocycles. The summed E-state index contributed by atoms with van der Waals surface area (Å²) in [6.45, 7) is 13.4. The zero-order valence-corrected chi connectivity index (χ0v) is 18.9. The molecule has 1 aromatic carbocycles. The van der Waals surface area contributed by atoms with Crippen LogP contribution in [0.4, 0.5) is 4.79 Å². The van der Waals surface area contributed by atoms with Crippen molar-refractivity contribution in [3.8, 4) is 0 Å². The first-order valence-electron chi connectivity index (χ1n) is 10.0. The number of rotatable bonds is 6. The quantitative estimate of drug-likeness (QED) is 0.683. The molecular formula is C22H32BNO6. The number of carbonyl (C=O) groups excluding carboxylic acids is 1. The number of amides is 1. The van der Waals surface area contributed by atoms with Crippen LogP contribution in [0, 0.1) is 0 Å². The molecule has 1 heterocycles. The molecule has 1 aliphatic heterocycles. The average Bonchev–Trinajstić information content (AvgIpc) is 2.78. The van der Waals surface area contributed by atoms with Gasteiger partial charge in [-0.2, -0.15) is 0 Å². The van der Waals surface area contributed by atoms with Gasteiger partial charge in [0.2, 0.25) is 0 Å². The first-order valence-corrected chi connectivity index (χ1v) is 10.0. The first kappa shape index (κ1) is 24.0. The maximum Gasteiger partial charge on any atom is 0.492 e. The number of carboxylic acids is 1. The van der Waals surface area contributed by atoms with Crippen molar-refractivity contribution >= 4 is 25.3 Å². The molecule has 0 radical (unpaired) electrons. The van der Waals surface area contributed by atoms with Crippen molar-refractivity contribution < 1.29 is 28.7 Å². The Bertz CT molecular complexity index is 792. The number of benzene rings is 1. The van der Waals surface area contributed by atoms with Crippen LogP contribution in [0.1, 0.15) is 59.6 Å². The van der Waals surface area contributed by atoms with E-state index in [9.17, 15) is 9.59 Å². The molecule has 1 saturated heterocycles. The lowest BCUT2D eigenvalue weighted by atomic mass is 9.77. The normalized spacial score (nSPS) is 18.2. The number of aliphatic carboxylic acids is 1. The summed E-state index contributed by atoms with van der Waals surface area (Å²) in [6, 6.07) is 7.19. The predicted molar refractivity (Wildman–Crippen MR) is 116 cm³/mol. The van der Waals surface area contributed by atoms with Crippen molar-refractivity contribution in [3.63, 3.8) is 0 Å². The van der Waals surface area contributed by atoms with Crippen LogP contribution in [0.15, 0.2) is 29.7 Å². The van der Waals surface area contributed by atoms with Crippen LogP contribution in [0.3, 0.4) is 0 Å². The van der Waals surface area contributed by atoms with Gasteiger partial charge < -0.3 is 24.5 Å². The Balaban J connectivity index is 2.24. The third-order valence-electron chi connectivity index (χ3n) is 5.08. The summed E-state index contributed by atoms with van der Waals surface area (Å²) in [6.07, 6.45) is 1.32. The Hall–Kier alpha value is -2.32. The van der Waals surface area contributed by atoms with Gasteiger partial charge in [0, 0.05) is 6.54 Å². The fourth-order valence-corrected chi connectivity index (χ4v) is 2.81. The largest absolute Gasteiger partial charge is 0.492 e. The summed E-state index contributed by atoms with van der Waals surface area (Å²) < 4.78 is 17.6. The standard InChI is InChI=1S/C22H32BNO6/c1-20(2,3)28-19(27)24-14-17(23-29-21(4,5)22(6,7)30-23)12-15-8-10-16(11-9-15)13-18(25)26/h8-12H,13-14H2,1-7H3,(H,24,27)(H,25,26). The number of nitrogens with one attached hydrogen (secondary N) is 1. The van der Waals surface area contributed by atoms with E-state index < -0.39 is 36.0 Å². The van der Waals surface area contributed by atoms with Crippen molar-refractivity contribution in [2.45, 2.75) is 71.7 Å². The molecule has 1 amide bonds. The molecule has 164 valence electrons. The van der Waals surface area contributed by atoms with Crippen molar-refractivity contribution in [1.82, 2.24) is 5.32 Å². The van der Waals surface area contributed by atoms with Gasteiger partial charge in [-0.05, 0) is 65.1 Å². The number of ether oxygens (including phenoxy) is 1. The minimum atomic E-state index is -0.877. The lowest BCUT2D eigenvalue weighted by Crippen LogP contribution is -2.41. The highest BCUT2D eigenvalue weighted by Gasteiger charge is 2.52. The molecule has 0 spiro atoms. The van der Waals surface area contributed by atoms with E-state index in [-0.39, 0.29) is 13.0 Å². The molecule has 0 aliphatic carbocycles. The highest BCUT2D eigenvalue weighted by molar-refractivity contribution is 6.56. The highest BCUT2D eigenvalue weighted by Crippen LogP contribution is 2.38. The van der Waals surface area contributed by atoms with Crippen LogP contribution in [0.5, 0.6) is 0 Å². The number of hydrogen-bond acceptors (Lipinski definition) is 5. The summed E-state index contributed by atoms with van der Waals surface area (Å²) in [4.78, 5) is 23.0. The zero-order valence-electron chi connectivity index (χ0n) is 18.9. The van der Waals surface area contributed by atoms with E-state index in [4.69, 9.17) is 19.2 Å². The monoisotopic (exact) mass is 417 g/mol. The fourth-order valence-electron chi connectivity index (χ4n) is 2.81. The molecule has 0 saturated carbocycles. The van der Waals surface area contributed by atoms with Crippen LogP contribution < -0.4 is 5.32 Å². The summed E-state index contributed by atoms with van der Waals surface area (Å²) in [5.74, 6) is -0.877. The molecule has 0 atom stereocenters. The number of hydrogen-bond donors (Lipinski definition) is 2. The van der Waals surface area contributed by atoms with Crippen molar-refractivity contribution in [2.75, 3.05) is 6.54 Å². The van der Waals surface area contributed by atoms with Crippen molar-refractivity contribution in [1.29, 1.82) is 0 Å². The second-order valence-electron chi connectivity index (χ2n) is 9.48. The second kappa shape index (κ2) is 8.82. The molecule has 0 unspecified atom stereocenters. The molecular weight excluding hydrogens is 385 g/mol. The van der Waals surface area contributed by atoms with Gasteiger partial charge in [0.15, 0.2) is 0 Å². The minimum absolute atomic E-state index is 0.0335. The molecule has 0 bridgehead atoms. The van der Waals surface area contributed by atoms with E-state index >= 15 is 0 Å². The van der Waals surface area contributed by atoms with Crippen LogP contribution in [-0.2, 0) is 25.3 Å². The van der Waals surface area contributed by atoms with Gasteiger partial charge >= 0.3 is 19.2 Å². The first-order chi connectivity index (χ1) is 13.7. The molecule has 1 fully saturated rings. The van der Waals surface area contributed by atoms with E-state index in [1.807, 2.05) is 45.9 Å². The lowest BCUT2D eigenvalue weighted by Gasteiger charge is -2.32. The van der Waals surface area contributed by atoms with Gasteiger partial charge in [-0.1, -0.05) is 30.3 Å². The molecule has 1 aromatic rings. The third kappa shape index (κ3) is 6.60. The number of carbonyl (C=O) groups is 2. The Kier molecular flexibility index (Phi) is 7.04. The average molecular weight is 417 g/mol. The molecule has 2 rings (SSSR count). The van der Waals surface area contributed by atoms with Gasteiger partial charge in [-0.15, -0.1) is 0 Å². The van der Waals surface area contributed by atoms with Crippen LogP contribution in [-0.4, -0.2) is 47.6 Å². The van der Waals surface area contributed by atoms with Gasteiger partial charge in [0.1, 0.15) is 5.60 Å². The summed E-state index contributed by atoms with van der Waals surface area (Å²) in [5, 5.41) is 11.7. The van der Waals surface area contributed by atoms with E-state index in [0.29, 0.717) is 5.56 Å². The molecule has 7 nitrogen and oxygen atoms in total. The fraction of sp³-hybridized carbons (Fsp3) is 0.545. The highest BCUT2D eigenvalue weighted by atomic mass is 16.7. The van der Waals surface area contributed by atoms with Gasteiger partial charge in [-0.3, -0.25) is 4.79 Å². The van der Waals surface area contributed by atoms with E-state index in [0.717, 1.165) is 11.0 Å². The topological polar surface area (TPSA) is 94.1 Å². The second-order valence-corrected chi connectivity index (χ2v) is 9.48. The van der Waals surface area contributed by atoms with Crippen LogP contribution >= 0.6 is 0 Å². The smallest absolute Gasteiger partial charge is 0.481 e. The maximum atomic E-state index is 12.1. The third-order valence-corrected chi connectivity index (χ3v) is 5.08. The lowest BCUT2D eigenvalue weighted by molar-refractivity contribution is -0.136. The van der Waals surface area contributed by atoms with Gasteiger partial charge in [0.05, 0.1) is 17.6 Å². The molecule has 8 heteroatoms. The Morgan fingerprint density at radius 3 is 2.10 bits per heavy atom.